The Morgan fingerprint density at radius 3 is 2.75 bits per heavy atom. The van der Waals surface area contributed by atoms with E-state index in [4.69, 9.17) is 0 Å². The predicted octanol–water partition coefficient (Wildman–Crippen LogP) is 2.13. The zero-order chi connectivity index (χ0) is 11.2. The van der Waals surface area contributed by atoms with Gasteiger partial charge in [0.05, 0.1) is 3.57 Å². The number of nitrogens with zero attached hydrogens (tertiary/aromatic N) is 3. The lowest BCUT2D eigenvalue weighted by Gasteiger charge is -2.06. The second-order valence-electron chi connectivity index (χ2n) is 3.25. The number of anilines is 1. The molecule has 2 heterocycles. The lowest BCUT2D eigenvalue weighted by atomic mass is 10.2. The molecule has 0 radical (unpaired) electrons. The molecule has 2 aromatic rings. The Morgan fingerprint density at radius 1 is 1.19 bits per heavy atom. The van der Waals surface area contributed by atoms with E-state index in [2.05, 4.69) is 42.9 Å². The van der Waals surface area contributed by atoms with Crippen LogP contribution in [-0.4, -0.2) is 21.5 Å². The summed E-state index contributed by atoms with van der Waals surface area (Å²) in [6, 6.07) is 4.04. The summed E-state index contributed by atoms with van der Waals surface area (Å²) in [5, 5.41) is 3.28. The van der Waals surface area contributed by atoms with Gasteiger partial charge >= 0.3 is 0 Å². The molecule has 2 rings (SSSR count). The fourth-order valence-electron chi connectivity index (χ4n) is 1.32. The zero-order valence-electron chi connectivity index (χ0n) is 8.60. The number of hydrogen-bond donors (Lipinski definition) is 1. The van der Waals surface area contributed by atoms with Gasteiger partial charge in [-0.15, -0.1) is 0 Å². The summed E-state index contributed by atoms with van der Waals surface area (Å²) in [5.74, 6) is 0.893. The highest BCUT2D eigenvalue weighted by atomic mass is 127. The van der Waals surface area contributed by atoms with Crippen LogP contribution in [0.1, 0.15) is 5.56 Å². The Hall–Kier alpha value is -1.24. The van der Waals surface area contributed by atoms with Gasteiger partial charge in [0.2, 0.25) is 0 Å². The number of aromatic nitrogens is 3. The molecule has 5 heteroatoms. The maximum absolute atomic E-state index is 4.17. The summed E-state index contributed by atoms with van der Waals surface area (Å²) >= 11 is 2.22. The Labute approximate surface area is 108 Å². The lowest BCUT2D eigenvalue weighted by molar-refractivity contribution is 0.990. The number of nitrogens with one attached hydrogen (secondary N) is 1. The quantitative estimate of drug-likeness (QED) is 0.875. The summed E-state index contributed by atoms with van der Waals surface area (Å²) in [6.07, 6.45) is 7.93. The van der Waals surface area contributed by atoms with Gasteiger partial charge in [0.15, 0.2) is 0 Å². The monoisotopic (exact) mass is 326 g/mol. The minimum Gasteiger partial charge on any atom is -0.369 e. The van der Waals surface area contributed by atoms with E-state index in [9.17, 15) is 0 Å². The Bertz CT molecular complexity index is 447. The SMILES string of the molecule is Ic1cncnc1NCCc1ccncc1. The van der Waals surface area contributed by atoms with Crippen LogP contribution in [0.25, 0.3) is 0 Å². The van der Waals surface area contributed by atoms with Crippen LogP contribution in [0.2, 0.25) is 0 Å². The molecule has 0 atom stereocenters. The maximum atomic E-state index is 4.17. The van der Waals surface area contributed by atoms with E-state index in [1.54, 1.807) is 12.5 Å². The smallest absolute Gasteiger partial charge is 0.142 e. The summed E-state index contributed by atoms with van der Waals surface area (Å²) in [6.45, 7) is 0.858. The van der Waals surface area contributed by atoms with Gasteiger partial charge < -0.3 is 5.32 Å². The van der Waals surface area contributed by atoms with E-state index in [1.807, 2.05) is 24.5 Å². The average Bonchev–Trinajstić information content (AvgIpc) is 2.33. The summed E-state index contributed by atoms with van der Waals surface area (Å²) in [4.78, 5) is 12.1. The van der Waals surface area contributed by atoms with E-state index in [0.29, 0.717) is 0 Å². The second kappa shape index (κ2) is 5.74. The van der Waals surface area contributed by atoms with Crippen LogP contribution in [0, 0.1) is 3.57 Å². The first-order chi connectivity index (χ1) is 7.86. The lowest BCUT2D eigenvalue weighted by Crippen LogP contribution is -2.07. The van der Waals surface area contributed by atoms with Crippen LogP contribution in [0.5, 0.6) is 0 Å². The van der Waals surface area contributed by atoms with Crippen molar-refractivity contribution < 1.29 is 0 Å². The molecule has 16 heavy (non-hydrogen) atoms. The van der Waals surface area contributed by atoms with Crippen molar-refractivity contribution in [1.29, 1.82) is 0 Å². The van der Waals surface area contributed by atoms with Crippen molar-refractivity contribution in [3.63, 3.8) is 0 Å². The number of hydrogen-bond acceptors (Lipinski definition) is 4. The van der Waals surface area contributed by atoms with Crippen LogP contribution in [0.15, 0.2) is 37.1 Å². The second-order valence-corrected chi connectivity index (χ2v) is 4.41. The van der Waals surface area contributed by atoms with Crippen molar-refractivity contribution in [3.8, 4) is 0 Å². The fourth-order valence-corrected chi connectivity index (χ4v) is 1.81. The maximum Gasteiger partial charge on any atom is 0.142 e. The van der Waals surface area contributed by atoms with Gasteiger partial charge in [-0.05, 0) is 46.7 Å². The summed E-state index contributed by atoms with van der Waals surface area (Å²) in [7, 11) is 0. The molecule has 0 aliphatic carbocycles. The average molecular weight is 326 g/mol. The molecule has 0 amide bonds. The van der Waals surface area contributed by atoms with Gasteiger partial charge in [0, 0.05) is 25.1 Å². The predicted molar refractivity (Wildman–Crippen MR) is 71.2 cm³/mol. The van der Waals surface area contributed by atoms with Gasteiger partial charge in [0.25, 0.3) is 0 Å². The molecule has 0 saturated carbocycles. The van der Waals surface area contributed by atoms with Crippen LogP contribution >= 0.6 is 22.6 Å². The molecular weight excluding hydrogens is 315 g/mol. The molecule has 0 aliphatic rings. The number of pyridine rings is 1. The van der Waals surface area contributed by atoms with E-state index in [0.717, 1.165) is 22.4 Å². The molecule has 0 unspecified atom stereocenters. The molecule has 0 saturated heterocycles. The summed E-state index contributed by atoms with van der Waals surface area (Å²) in [5.41, 5.74) is 1.27. The number of rotatable bonds is 4. The molecule has 4 nitrogen and oxygen atoms in total. The van der Waals surface area contributed by atoms with E-state index in [1.165, 1.54) is 5.56 Å². The van der Waals surface area contributed by atoms with Crippen molar-refractivity contribution in [1.82, 2.24) is 15.0 Å². The van der Waals surface area contributed by atoms with Gasteiger partial charge in [-0.2, -0.15) is 0 Å². The zero-order valence-corrected chi connectivity index (χ0v) is 10.8. The highest BCUT2D eigenvalue weighted by molar-refractivity contribution is 14.1. The highest BCUT2D eigenvalue weighted by Crippen LogP contribution is 2.12. The molecule has 0 fully saturated rings. The third-order valence-electron chi connectivity index (χ3n) is 2.12. The summed E-state index contributed by atoms with van der Waals surface area (Å²) < 4.78 is 1.04. The van der Waals surface area contributed by atoms with Crippen molar-refractivity contribution in [2.24, 2.45) is 0 Å². The molecular formula is C11H11IN4. The fraction of sp³-hybridized carbons (Fsp3) is 0.182. The van der Waals surface area contributed by atoms with E-state index < -0.39 is 0 Å². The largest absolute Gasteiger partial charge is 0.369 e. The number of halogens is 1. The third kappa shape index (κ3) is 3.13. The Kier molecular flexibility index (Phi) is 4.03. The van der Waals surface area contributed by atoms with Crippen LogP contribution in [0.3, 0.4) is 0 Å². The van der Waals surface area contributed by atoms with Crippen LogP contribution in [-0.2, 0) is 6.42 Å². The first-order valence-electron chi connectivity index (χ1n) is 4.94. The normalized spacial score (nSPS) is 10.1. The first-order valence-corrected chi connectivity index (χ1v) is 6.02. The Balaban J connectivity index is 1.87. The standard InChI is InChI=1S/C11H11IN4/c12-10-7-14-8-16-11(10)15-6-3-9-1-4-13-5-2-9/h1-2,4-5,7-8H,3,6H2,(H,14,15,16). The van der Waals surface area contributed by atoms with Gasteiger partial charge in [-0.25, -0.2) is 9.97 Å². The van der Waals surface area contributed by atoms with Crippen molar-refractivity contribution in [3.05, 3.63) is 46.2 Å². The molecule has 0 aromatic carbocycles. The van der Waals surface area contributed by atoms with Crippen LogP contribution < -0.4 is 5.32 Å². The van der Waals surface area contributed by atoms with Crippen molar-refractivity contribution in [2.75, 3.05) is 11.9 Å². The molecule has 82 valence electrons. The topological polar surface area (TPSA) is 50.7 Å². The van der Waals surface area contributed by atoms with E-state index >= 15 is 0 Å². The van der Waals surface area contributed by atoms with Gasteiger partial charge in [-0.3, -0.25) is 4.98 Å². The molecule has 0 aliphatic heterocycles. The first kappa shape index (κ1) is 11.3. The highest BCUT2D eigenvalue weighted by Gasteiger charge is 1.99. The molecule has 0 bridgehead atoms. The third-order valence-corrected chi connectivity index (χ3v) is 2.91. The van der Waals surface area contributed by atoms with Crippen LogP contribution in [0.4, 0.5) is 5.82 Å². The molecule has 0 spiro atoms. The van der Waals surface area contributed by atoms with Gasteiger partial charge in [0.1, 0.15) is 12.1 Å². The molecule has 2 aromatic heterocycles. The molecule has 1 N–H and O–H groups in total. The van der Waals surface area contributed by atoms with Gasteiger partial charge in [-0.1, -0.05) is 0 Å². The Morgan fingerprint density at radius 2 is 2.00 bits per heavy atom. The van der Waals surface area contributed by atoms with E-state index in [-0.39, 0.29) is 0 Å². The minimum atomic E-state index is 0.858. The van der Waals surface area contributed by atoms with Crippen molar-refractivity contribution >= 4 is 28.4 Å². The van der Waals surface area contributed by atoms with Crippen molar-refractivity contribution in [2.45, 2.75) is 6.42 Å². The minimum absolute atomic E-state index is 0.858.